The highest BCUT2D eigenvalue weighted by atomic mass is 79.9. The smallest absolute Gasteiger partial charge is 0.149 e. The molecule has 19 heavy (non-hydrogen) atoms. The van der Waals surface area contributed by atoms with Crippen molar-refractivity contribution in [1.82, 2.24) is 9.78 Å². The fraction of sp³-hybridized carbons (Fsp3) is 0.167. The van der Waals surface area contributed by atoms with Gasteiger partial charge in [-0.3, -0.25) is 4.68 Å². The topological polar surface area (TPSA) is 53.6 Å². The first kappa shape index (κ1) is 13.5. The maximum absolute atomic E-state index is 13.7. The summed E-state index contributed by atoms with van der Waals surface area (Å²) >= 11 is 2.98. The molecule has 0 saturated carbocycles. The Hall–Kier alpha value is -1.94. The number of nitrogens with one attached hydrogen (secondary N) is 1. The maximum Gasteiger partial charge on any atom is 0.149 e. The average molecular weight is 327 g/mol. The molecule has 2 rings (SSSR count). The van der Waals surface area contributed by atoms with Gasteiger partial charge in [0, 0.05) is 13.1 Å². The van der Waals surface area contributed by atoms with E-state index in [0.29, 0.717) is 17.1 Å². The van der Waals surface area contributed by atoms with E-state index >= 15 is 0 Å². The number of aryl methyl sites for hydroxylation is 2. The number of rotatable bonds is 2. The summed E-state index contributed by atoms with van der Waals surface area (Å²) in [5.41, 5.74) is 0.921. The van der Waals surface area contributed by atoms with Crippen LogP contribution in [0.5, 0.6) is 0 Å². The second-order valence-electron chi connectivity index (χ2n) is 3.92. The van der Waals surface area contributed by atoms with Crippen molar-refractivity contribution in [3.05, 3.63) is 39.5 Å². The maximum atomic E-state index is 13.7. The Bertz CT molecular complexity index is 688. The van der Waals surface area contributed by atoms with Gasteiger partial charge in [-0.15, -0.1) is 0 Å². The molecule has 0 amide bonds. The summed E-state index contributed by atoms with van der Waals surface area (Å²) in [5, 5.41) is 15.9. The zero-order valence-corrected chi connectivity index (χ0v) is 11.7. The normalized spacial score (nSPS) is 10.3. The molecule has 0 radical (unpaired) electrons. The molecular formula is C12H9BrF2N4. The third-order valence-corrected chi connectivity index (χ3v) is 3.20. The number of anilines is 2. The van der Waals surface area contributed by atoms with Crippen LogP contribution in [0.15, 0.2) is 16.6 Å². The molecule has 98 valence electrons. The van der Waals surface area contributed by atoms with Gasteiger partial charge in [-0.25, -0.2) is 8.78 Å². The van der Waals surface area contributed by atoms with Gasteiger partial charge in [0.25, 0.3) is 0 Å². The van der Waals surface area contributed by atoms with Crippen molar-refractivity contribution in [2.45, 2.75) is 6.92 Å². The van der Waals surface area contributed by atoms with Gasteiger partial charge in [0.2, 0.25) is 0 Å². The molecular weight excluding hydrogens is 318 g/mol. The lowest BCUT2D eigenvalue weighted by Gasteiger charge is -2.09. The molecule has 0 spiro atoms. The number of halogens is 3. The third kappa shape index (κ3) is 2.44. The summed E-state index contributed by atoms with van der Waals surface area (Å²) in [6, 6.07) is 4.03. The van der Waals surface area contributed by atoms with Crippen molar-refractivity contribution in [2.75, 3.05) is 5.32 Å². The second-order valence-corrected chi connectivity index (χ2v) is 4.77. The summed E-state index contributed by atoms with van der Waals surface area (Å²) in [6.07, 6.45) is 0. The summed E-state index contributed by atoms with van der Waals surface area (Å²) in [4.78, 5) is 0. The number of hydrogen-bond acceptors (Lipinski definition) is 3. The van der Waals surface area contributed by atoms with E-state index in [1.807, 2.05) is 6.07 Å². The highest BCUT2D eigenvalue weighted by Gasteiger charge is 2.15. The lowest BCUT2D eigenvalue weighted by Crippen LogP contribution is -2.02. The molecule has 0 atom stereocenters. The van der Waals surface area contributed by atoms with E-state index < -0.39 is 11.6 Å². The molecule has 1 aromatic heterocycles. The molecule has 4 nitrogen and oxygen atoms in total. The van der Waals surface area contributed by atoms with Crippen LogP contribution in [0.1, 0.15) is 11.3 Å². The van der Waals surface area contributed by atoms with E-state index in [1.54, 1.807) is 14.0 Å². The van der Waals surface area contributed by atoms with E-state index in [-0.39, 0.29) is 10.2 Å². The molecule has 2 aromatic rings. The predicted octanol–water partition coefficient (Wildman–Crippen LogP) is 3.38. The molecule has 1 aromatic carbocycles. The van der Waals surface area contributed by atoms with Gasteiger partial charge in [-0.2, -0.15) is 10.4 Å². The van der Waals surface area contributed by atoms with Crippen molar-refractivity contribution in [1.29, 1.82) is 5.26 Å². The highest BCUT2D eigenvalue weighted by Crippen LogP contribution is 2.28. The molecule has 0 unspecified atom stereocenters. The molecule has 0 aliphatic rings. The van der Waals surface area contributed by atoms with Crippen molar-refractivity contribution in [3.8, 4) is 6.07 Å². The first-order valence-electron chi connectivity index (χ1n) is 5.29. The van der Waals surface area contributed by atoms with Gasteiger partial charge in [-0.05, 0) is 28.9 Å². The molecule has 0 fully saturated rings. The summed E-state index contributed by atoms with van der Waals surface area (Å²) < 4.78 is 28.4. The zero-order valence-electron chi connectivity index (χ0n) is 10.1. The average Bonchev–Trinajstić information content (AvgIpc) is 2.60. The summed E-state index contributed by atoms with van der Waals surface area (Å²) in [5.74, 6) is -1.08. The van der Waals surface area contributed by atoms with Crippen LogP contribution < -0.4 is 5.32 Å². The first-order chi connectivity index (χ1) is 8.93. The van der Waals surface area contributed by atoms with Crippen LogP contribution in [0.2, 0.25) is 0 Å². The molecule has 1 heterocycles. The fourth-order valence-corrected chi connectivity index (χ4v) is 2.02. The van der Waals surface area contributed by atoms with Crippen LogP contribution >= 0.6 is 15.9 Å². The van der Waals surface area contributed by atoms with E-state index in [0.717, 1.165) is 6.07 Å². The molecule has 7 heteroatoms. The zero-order chi connectivity index (χ0) is 14.2. The third-order valence-electron chi connectivity index (χ3n) is 2.60. The van der Waals surface area contributed by atoms with Gasteiger partial charge in [-0.1, -0.05) is 0 Å². The number of nitriles is 1. The van der Waals surface area contributed by atoms with E-state index in [4.69, 9.17) is 5.26 Å². The monoisotopic (exact) mass is 326 g/mol. The van der Waals surface area contributed by atoms with E-state index in [9.17, 15) is 8.78 Å². The molecule has 1 N–H and O–H groups in total. The van der Waals surface area contributed by atoms with Crippen LogP contribution in [-0.4, -0.2) is 9.78 Å². The fourth-order valence-electron chi connectivity index (χ4n) is 1.68. The van der Waals surface area contributed by atoms with E-state index in [2.05, 4.69) is 26.3 Å². The Kier molecular flexibility index (Phi) is 3.53. The Balaban J connectivity index is 2.48. The highest BCUT2D eigenvalue weighted by molar-refractivity contribution is 9.10. The standard InChI is InChI=1S/C12H9BrF2N4/c1-6-7(5-16)12(19(2)18-6)17-11-3-8(13)9(14)4-10(11)15/h3-4,17H,1-2H3. The number of aromatic nitrogens is 2. The number of nitrogens with zero attached hydrogens (tertiary/aromatic N) is 3. The Morgan fingerprint density at radius 1 is 1.37 bits per heavy atom. The van der Waals surface area contributed by atoms with Crippen LogP contribution in [-0.2, 0) is 7.05 Å². The van der Waals surface area contributed by atoms with Crippen LogP contribution in [0.4, 0.5) is 20.3 Å². The first-order valence-corrected chi connectivity index (χ1v) is 6.08. The number of benzene rings is 1. The minimum Gasteiger partial charge on any atom is -0.337 e. The van der Waals surface area contributed by atoms with Crippen molar-refractivity contribution >= 4 is 27.4 Å². The van der Waals surface area contributed by atoms with Gasteiger partial charge in [0.15, 0.2) is 0 Å². The Morgan fingerprint density at radius 3 is 2.68 bits per heavy atom. The van der Waals surface area contributed by atoms with Crippen LogP contribution in [0.25, 0.3) is 0 Å². The Labute approximate surface area is 116 Å². The summed E-state index contributed by atoms with van der Waals surface area (Å²) in [7, 11) is 1.63. The van der Waals surface area contributed by atoms with Crippen LogP contribution in [0.3, 0.4) is 0 Å². The lowest BCUT2D eigenvalue weighted by atomic mass is 10.2. The molecule has 0 bridgehead atoms. The van der Waals surface area contributed by atoms with Crippen molar-refractivity contribution < 1.29 is 8.78 Å². The van der Waals surface area contributed by atoms with Gasteiger partial charge in [0.1, 0.15) is 29.1 Å². The van der Waals surface area contributed by atoms with Crippen molar-refractivity contribution in [2.24, 2.45) is 7.05 Å². The van der Waals surface area contributed by atoms with Gasteiger partial charge in [0.05, 0.1) is 15.9 Å². The van der Waals surface area contributed by atoms with E-state index in [1.165, 1.54) is 10.7 Å². The van der Waals surface area contributed by atoms with Crippen molar-refractivity contribution in [3.63, 3.8) is 0 Å². The SMILES string of the molecule is Cc1nn(C)c(Nc2cc(Br)c(F)cc2F)c1C#N. The Morgan fingerprint density at radius 2 is 2.05 bits per heavy atom. The molecule has 0 aliphatic carbocycles. The molecule has 0 aliphatic heterocycles. The lowest BCUT2D eigenvalue weighted by molar-refractivity contribution is 0.581. The van der Waals surface area contributed by atoms with Crippen LogP contribution in [0, 0.1) is 29.9 Å². The molecule has 0 saturated heterocycles. The second kappa shape index (κ2) is 4.97. The quantitative estimate of drug-likeness (QED) is 0.861. The predicted molar refractivity (Wildman–Crippen MR) is 70.0 cm³/mol. The minimum absolute atomic E-state index is 0.0628. The van der Waals surface area contributed by atoms with Gasteiger partial charge < -0.3 is 5.32 Å². The number of hydrogen-bond donors (Lipinski definition) is 1. The minimum atomic E-state index is -0.747. The van der Waals surface area contributed by atoms with Gasteiger partial charge >= 0.3 is 0 Å². The largest absolute Gasteiger partial charge is 0.337 e. The summed E-state index contributed by atoms with van der Waals surface area (Å²) in [6.45, 7) is 1.68.